The number of fused-ring (bicyclic) bond motifs is 3. The van der Waals surface area contributed by atoms with Crippen molar-refractivity contribution in [3.63, 3.8) is 0 Å². The van der Waals surface area contributed by atoms with Crippen LogP contribution in [0.5, 0.6) is 5.75 Å². The summed E-state index contributed by atoms with van der Waals surface area (Å²) in [6, 6.07) is 4.17. The Kier molecular flexibility index (Phi) is 7.20. The fourth-order valence-electron chi connectivity index (χ4n) is 5.26. The molecule has 1 aliphatic heterocycles. The molecule has 0 aromatic heterocycles. The lowest BCUT2D eigenvalue weighted by atomic mass is 9.56. The molecule has 2 unspecified atom stereocenters. The molecule has 3 saturated carbocycles. The van der Waals surface area contributed by atoms with E-state index in [1.54, 1.807) is 6.07 Å². The summed E-state index contributed by atoms with van der Waals surface area (Å²) >= 11 is 5.73. The van der Waals surface area contributed by atoms with Crippen LogP contribution in [0.2, 0.25) is 23.2 Å². The topological polar surface area (TPSA) is 72.3 Å². The molecule has 5 rings (SSSR count). The van der Waals surface area contributed by atoms with Crippen LogP contribution in [0.3, 0.4) is 0 Å². The zero-order valence-corrected chi connectivity index (χ0v) is 24.1. The normalized spacial score (nSPS) is 31.4. The maximum absolute atomic E-state index is 13.7. The second-order valence-corrected chi connectivity index (χ2v) is 18.7. The van der Waals surface area contributed by atoms with E-state index < -0.39 is 25.0 Å². The fraction of sp³-hybridized carbons (Fsp3) is 0.640. The monoisotopic (exact) mass is 541 g/mol. The summed E-state index contributed by atoms with van der Waals surface area (Å²) in [4.78, 5) is 12.9. The Morgan fingerprint density at radius 1 is 1.29 bits per heavy atom. The average Bonchev–Trinajstić information content (AvgIpc) is 3.21. The van der Waals surface area contributed by atoms with Crippen LogP contribution in [0.1, 0.15) is 52.9 Å². The van der Waals surface area contributed by atoms with Gasteiger partial charge in [-0.25, -0.2) is 4.39 Å². The lowest BCUT2D eigenvalue weighted by Crippen LogP contribution is -2.66. The van der Waals surface area contributed by atoms with Crippen LogP contribution >= 0.6 is 22.5 Å². The number of nitrogens with zero attached hydrogens (tertiary/aromatic N) is 2. The Labute approximate surface area is 216 Å². The summed E-state index contributed by atoms with van der Waals surface area (Å²) in [6.07, 6.45) is 6.54. The highest BCUT2D eigenvalue weighted by Crippen LogP contribution is 2.59. The largest absolute Gasteiger partial charge is 0.484 e. The Morgan fingerprint density at radius 2 is 1.97 bits per heavy atom. The van der Waals surface area contributed by atoms with E-state index in [9.17, 15) is 9.18 Å². The molecule has 1 heterocycles. The third-order valence-electron chi connectivity index (χ3n) is 8.36. The predicted octanol–water partition coefficient (Wildman–Crippen LogP) is 6.05. The molecule has 4 aliphatic rings. The number of hydrogen-bond acceptors (Lipinski definition) is 5. The molecule has 6 nitrogen and oxygen atoms in total. The molecule has 2 atom stereocenters. The van der Waals surface area contributed by atoms with Gasteiger partial charge in [-0.3, -0.25) is 4.79 Å². The van der Waals surface area contributed by atoms with Crippen molar-refractivity contribution < 1.29 is 18.3 Å². The minimum absolute atomic E-state index is 0.0112. The molecule has 1 aromatic rings. The Balaban J connectivity index is 1.51. The number of rotatable bonds is 7. The van der Waals surface area contributed by atoms with Gasteiger partial charge in [0.15, 0.2) is 14.9 Å². The third kappa shape index (κ3) is 5.19. The van der Waals surface area contributed by atoms with Crippen molar-refractivity contribution in [2.75, 3.05) is 12.9 Å². The second-order valence-electron chi connectivity index (χ2n) is 11.7. The van der Waals surface area contributed by atoms with Gasteiger partial charge in [0.1, 0.15) is 11.6 Å². The SMILES string of the molecule is C[SH]1C=NN=C1C12CCC(NC(=O)COc3ccc(Cl)c(F)c3)(CC1)CC2O[Si](C)(C)C(C)(C)C. The average molecular weight is 542 g/mol. The van der Waals surface area contributed by atoms with Gasteiger partial charge in [-0.2, -0.15) is 16.0 Å². The van der Waals surface area contributed by atoms with Crippen molar-refractivity contribution in [3.05, 3.63) is 29.0 Å². The smallest absolute Gasteiger partial charge is 0.258 e. The van der Waals surface area contributed by atoms with Gasteiger partial charge >= 0.3 is 0 Å². The summed E-state index contributed by atoms with van der Waals surface area (Å²) < 4.78 is 26.3. The highest BCUT2D eigenvalue weighted by atomic mass is 35.5. The van der Waals surface area contributed by atoms with Crippen LogP contribution in [0, 0.1) is 11.2 Å². The molecule has 10 heteroatoms. The minimum atomic E-state index is -2.06. The van der Waals surface area contributed by atoms with Gasteiger partial charge < -0.3 is 14.5 Å². The molecule has 0 saturated heterocycles. The second kappa shape index (κ2) is 9.47. The standard InChI is InChI=1S/C25H37ClFN3O3SSi/c1-23(2,3)35(5,6)33-20-14-24(9-11-25(20,12-10-24)22-30-28-16-34(22)4)29-21(31)15-32-17-7-8-18(26)19(27)13-17/h7-8,13,16,20,34H,9-12,14-15H2,1-6H3,(H,29,31). The van der Waals surface area contributed by atoms with Gasteiger partial charge in [0, 0.05) is 17.0 Å². The lowest BCUT2D eigenvalue weighted by molar-refractivity contribution is -0.129. The molecule has 1 aromatic carbocycles. The predicted molar refractivity (Wildman–Crippen MR) is 146 cm³/mol. The molecule has 3 fully saturated rings. The van der Waals surface area contributed by atoms with E-state index >= 15 is 0 Å². The first-order valence-electron chi connectivity index (χ1n) is 12.2. The van der Waals surface area contributed by atoms with E-state index in [2.05, 4.69) is 55.6 Å². The van der Waals surface area contributed by atoms with Gasteiger partial charge in [-0.05, 0) is 68.6 Å². The maximum atomic E-state index is 13.7. The minimum Gasteiger partial charge on any atom is -0.484 e. The maximum Gasteiger partial charge on any atom is 0.258 e. The molecule has 35 heavy (non-hydrogen) atoms. The number of ether oxygens (including phenoxy) is 1. The molecule has 1 amide bonds. The third-order valence-corrected chi connectivity index (χ3v) is 14.8. The van der Waals surface area contributed by atoms with E-state index in [0.29, 0.717) is 0 Å². The van der Waals surface area contributed by atoms with Crippen LogP contribution < -0.4 is 10.1 Å². The first-order chi connectivity index (χ1) is 16.3. The highest BCUT2D eigenvalue weighted by molar-refractivity contribution is 8.40. The van der Waals surface area contributed by atoms with Crippen LogP contribution in [0.25, 0.3) is 0 Å². The zero-order chi connectivity index (χ0) is 25.6. The van der Waals surface area contributed by atoms with Crippen molar-refractivity contribution in [2.24, 2.45) is 15.6 Å². The van der Waals surface area contributed by atoms with Crippen molar-refractivity contribution in [1.82, 2.24) is 5.32 Å². The molecular weight excluding hydrogens is 505 g/mol. The number of nitrogens with one attached hydrogen (secondary N) is 1. The Morgan fingerprint density at radius 3 is 2.54 bits per heavy atom. The molecule has 0 spiro atoms. The van der Waals surface area contributed by atoms with E-state index in [0.717, 1.165) is 32.1 Å². The van der Waals surface area contributed by atoms with Gasteiger partial charge in [0.25, 0.3) is 5.91 Å². The summed E-state index contributed by atoms with van der Waals surface area (Å²) in [5.74, 6) is -0.500. The molecular formula is C25H37ClFN3O3SSi. The van der Waals surface area contributed by atoms with Crippen LogP contribution in [-0.4, -0.2) is 49.3 Å². The van der Waals surface area contributed by atoms with Gasteiger partial charge in [0.2, 0.25) is 0 Å². The zero-order valence-electron chi connectivity index (χ0n) is 21.5. The van der Waals surface area contributed by atoms with Crippen molar-refractivity contribution >= 4 is 47.3 Å². The quantitative estimate of drug-likeness (QED) is 0.326. The summed E-state index contributed by atoms with van der Waals surface area (Å²) in [6.45, 7) is 11.2. The molecule has 2 bridgehead atoms. The number of amides is 1. The van der Waals surface area contributed by atoms with Crippen molar-refractivity contribution in [3.8, 4) is 5.75 Å². The fourth-order valence-corrected chi connectivity index (χ4v) is 8.33. The number of benzene rings is 1. The molecule has 1 N–H and O–H groups in total. The number of hydrogen-bond donors (Lipinski definition) is 2. The molecule has 3 aliphatic carbocycles. The summed E-state index contributed by atoms with van der Waals surface area (Å²) in [5, 5.41) is 13.5. The molecule has 0 radical (unpaired) electrons. The number of halogens is 2. The number of carbonyl (C=O) groups excluding carboxylic acids is 1. The van der Waals surface area contributed by atoms with Crippen molar-refractivity contribution in [1.29, 1.82) is 0 Å². The molecule has 194 valence electrons. The first kappa shape index (κ1) is 26.6. The van der Waals surface area contributed by atoms with E-state index in [1.807, 2.05) is 5.55 Å². The summed E-state index contributed by atoms with van der Waals surface area (Å²) in [7, 11) is -2.57. The van der Waals surface area contributed by atoms with Crippen LogP contribution in [0.4, 0.5) is 4.39 Å². The Bertz CT molecular complexity index is 1050. The number of thiol groups is 1. The lowest BCUT2D eigenvalue weighted by Gasteiger charge is -2.59. The van der Waals surface area contributed by atoms with Gasteiger partial charge in [0.05, 0.1) is 21.7 Å². The number of carbonyl (C=O) groups is 1. The first-order valence-corrected chi connectivity index (χ1v) is 17.3. The van der Waals surface area contributed by atoms with Crippen molar-refractivity contribution in [2.45, 2.75) is 82.7 Å². The van der Waals surface area contributed by atoms with E-state index in [1.165, 1.54) is 17.2 Å². The highest BCUT2D eigenvalue weighted by Gasteiger charge is 2.60. The van der Waals surface area contributed by atoms with E-state index in [4.69, 9.17) is 20.8 Å². The van der Waals surface area contributed by atoms with E-state index in [-0.39, 0.29) is 45.4 Å². The van der Waals surface area contributed by atoms with Gasteiger partial charge in [-0.15, -0.1) is 5.10 Å². The van der Waals surface area contributed by atoms with Crippen LogP contribution in [-0.2, 0) is 9.22 Å². The summed E-state index contributed by atoms with van der Waals surface area (Å²) in [5.41, 5.74) is 1.53. The van der Waals surface area contributed by atoms with Gasteiger partial charge in [-0.1, -0.05) is 32.4 Å². The van der Waals surface area contributed by atoms with Crippen LogP contribution in [0.15, 0.2) is 28.4 Å². The Hall–Kier alpha value is -1.42.